The molecular formula is C27H18Cl2N2OS. The van der Waals surface area contributed by atoms with Crippen molar-refractivity contribution in [1.29, 1.82) is 0 Å². The fourth-order valence-corrected chi connectivity index (χ4v) is 6.01. The highest BCUT2D eigenvalue weighted by Crippen LogP contribution is 2.41. The van der Waals surface area contributed by atoms with Crippen LogP contribution in [0.4, 0.5) is 0 Å². The maximum absolute atomic E-state index is 13.7. The quantitative estimate of drug-likeness (QED) is 0.360. The standard InChI is InChI=1S/C27H18Cl2N2OS/c28-19-12-9-17(10-13-19)25-21-14-11-16-5-1-3-7-20(16)24(21)30-27-31(25)26(32)23(33-27)15-18-6-2-4-8-22(18)29/h1-10,12-13,15,25H,11,14H2. The van der Waals surface area contributed by atoms with Gasteiger partial charge in [-0.15, -0.1) is 0 Å². The van der Waals surface area contributed by atoms with Crippen LogP contribution < -0.4 is 14.9 Å². The van der Waals surface area contributed by atoms with Crippen LogP contribution >= 0.6 is 34.5 Å². The monoisotopic (exact) mass is 488 g/mol. The molecule has 1 aliphatic heterocycles. The summed E-state index contributed by atoms with van der Waals surface area (Å²) in [4.78, 5) is 19.4. The first-order valence-corrected chi connectivity index (χ1v) is 12.3. The average Bonchev–Trinajstić information content (AvgIpc) is 3.14. The molecule has 1 atom stereocenters. The summed E-state index contributed by atoms with van der Waals surface area (Å²) in [6, 6.07) is 23.5. The molecule has 0 amide bonds. The van der Waals surface area contributed by atoms with Crippen molar-refractivity contribution in [1.82, 2.24) is 4.57 Å². The summed E-state index contributed by atoms with van der Waals surface area (Å²) in [5.41, 5.74) is 6.42. The molecule has 1 aromatic heterocycles. The van der Waals surface area contributed by atoms with Crippen LogP contribution in [0.3, 0.4) is 0 Å². The molecule has 4 aromatic rings. The van der Waals surface area contributed by atoms with Crippen molar-refractivity contribution in [2.45, 2.75) is 18.9 Å². The molecule has 33 heavy (non-hydrogen) atoms. The normalized spacial score (nSPS) is 17.3. The highest BCUT2D eigenvalue weighted by Gasteiger charge is 2.32. The first-order chi connectivity index (χ1) is 16.1. The molecular weight excluding hydrogens is 471 g/mol. The van der Waals surface area contributed by atoms with E-state index in [1.165, 1.54) is 22.5 Å². The van der Waals surface area contributed by atoms with E-state index in [9.17, 15) is 4.79 Å². The molecule has 3 nitrogen and oxygen atoms in total. The van der Waals surface area contributed by atoms with Gasteiger partial charge in [-0.25, -0.2) is 4.99 Å². The van der Waals surface area contributed by atoms with Gasteiger partial charge in [0.1, 0.15) is 0 Å². The van der Waals surface area contributed by atoms with Crippen molar-refractivity contribution in [2.24, 2.45) is 4.99 Å². The van der Waals surface area contributed by atoms with Crippen molar-refractivity contribution in [3.05, 3.63) is 130 Å². The first kappa shape index (κ1) is 20.7. The van der Waals surface area contributed by atoms with Gasteiger partial charge in [0.05, 0.1) is 16.3 Å². The number of allylic oxidation sites excluding steroid dienone is 1. The van der Waals surface area contributed by atoms with Crippen molar-refractivity contribution in [3.63, 3.8) is 0 Å². The second kappa shape index (κ2) is 8.14. The molecule has 0 bridgehead atoms. The number of halogens is 2. The molecule has 6 rings (SSSR count). The summed E-state index contributed by atoms with van der Waals surface area (Å²) in [5, 5.41) is 1.29. The number of hydrogen-bond donors (Lipinski definition) is 0. The topological polar surface area (TPSA) is 34.4 Å². The van der Waals surface area contributed by atoms with Crippen LogP contribution in [0.1, 0.15) is 34.7 Å². The van der Waals surface area contributed by atoms with Gasteiger partial charge in [-0.2, -0.15) is 0 Å². The third-order valence-corrected chi connectivity index (χ3v) is 7.83. The Hall–Kier alpha value is -2.92. The summed E-state index contributed by atoms with van der Waals surface area (Å²) >= 11 is 14.0. The lowest BCUT2D eigenvalue weighted by molar-refractivity contribution is 0.585. The maximum atomic E-state index is 13.7. The van der Waals surface area contributed by atoms with Crippen molar-refractivity contribution < 1.29 is 0 Å². The van der Waals surface area contributed by atoms with Gasteiger partial charge in [0.2, 0.25) is 0 Å². The molecule has 0 radical (unpaired) electrons. The Bertz CT molecular complexity index is 1610. The lowest BCUT2D eigenvalue weighted by Crippen LogP contribution is -2.38. The summed E-state index contributed by atoms with van der Waals surface area (Å²) in [6.07, 6.45) is 3.65. The molecule has 1 aliphatic carbocycles. The Morgan fingerprint density at radius 2 is 1.70 bits per heavy atom. The summed E-state index contributed by atoms with van der Waals surface area (Å²) in [6.45, 7) is 0. The van der Waals surface area contributed by atoms with Gasteiger partial charge in [-0.3, -0.25) is 9.36 Å². The van der Waals surface area contributed by atoms with Crippen LogP contribution in [0.5, 0.6) is 0 Å². The highest BCUT2D eigenvalue weighted by atomic mass is 35.5. The molecule has 3 aromatic carbocycles. The first-order valence-electron chi connectivity index (χ1n) is 10.7. The number of aromatic nitrogens is 1. The minimum atomic E-state index is -0.213. The third kappa shape index (κ3) is 3.50. The van der Waals surface area contributed by atoms with Gasteiger partial charge in [0, 0.05) is 15.6 Å². The lowest BCUT2D eigenvalue weighted by Gasteiger charge is -2.30. The van der Waals surface area contributed by atoms with E-state index in [0.717, 1.165) is 35.2 Å². The number of benzene rings is 3. The Balaban J connectivity index is 1.64. The number of rotatable bonds is 2. The van der Waals surface area contributed by atoms with Gasteiger partial charge >= 0.3 is 0 Å². The van der Waals surface area contributed by atoms with Crippen LogP contribution in [0, 0.1) is 0 Å². The van der Waals surface area contributed by atoms with E-state index in [1.807, 2.05) is 65.2 Å². The Labute approximate surface area is 204 Å². The van der Waals surface area contributed by atoms with E-state index >= 15 is 0 Å². The van der Waals surface area contributed by atoms with E-state index in [2.05, 4.69) is 18.2 Å². The number of nitrogens with zero attached hydrogens (tertiary/aromatic N) is 2. The van der Waals surface area contributed by atoms with Crippen LogP contribution in [0.15, 0.2) is 88.2 Å². The zero-order valence-electron chi connectivity index (χ0n) is 17.5. The molecule has 0 N–H and O–H groups in total. The van der Waals surface area contributed by atoms with E-state index in [0.29, 0.717) is 19.4 Å². The number of thiazole rings is 1. The average molecular weight is 489 g/mol. The van der Waals surface area contributed by atoms with E-state index < -0.39 is 0 Å². The minimum Gasteiger partial charge on any atom is -0.272 e. The smallest absolute Gasteiger partial charge is 0.271 e. The molecule has 0 saturated carbocycles. The fraction of sp³-hybridized carbons (Fsp3) is 0.111. The maximum Gasteiger partial charge on any atom is 0.271 e. The second-order valence-electron chi connectivity index (χ2n) is 8.19. The van der Waals surface area contributed by atoms with Gasteiger partial charge < -0.3 is 0 Å². The summed E-state index contributed by atoms with van der Waals surface area (Å²) in [7, 11) is 0. The Morgan fingerprint density at radius 1 is 0.939 bits per heavy atom. The molecule has 6 heteroatoms. The zero-order chi connectivity index (χ0) is 22.5. The fourth-order valence-electron chi connectivity index (χ4n) is 4.70. The summed E-state index contributed by atoms with van der Waals surface area (Å²) in [5.74, 6) is 0. The van der Waals surface area contributed by atoms with Crippen molar-refractivity contribution in [3.8, 4) is 0 Å². The van der Waals surface area contributed by atoms with Crippen molar-refractivity contribution >= 4 is 46.3 Å². The number of hydrogen-bond acceptors (Lipinski definition) is 3. The molecule has 2 heterocycles. The lowest BCUT2D eigenvalue weighted by atomic mass is 9.83. The third-order valence-electron chi connectivity index (χ3n) is 6.25. The molecule has 2 aliphatic rings. The van der Waals surface area contributed by atoms with Crippen molar-refractivity contribution in [2.75, 3.05) is 0 Å². The Morgan fingerprint density at radius 3 is 2.52 bits per heavy atom. The zero-order valence-corrected chi connectivity index (χ0v) is 19.8. The molecule has 0 saturated heterocycles. The number of fused-ring (bicyclic) bond motifs is 3. The highest BCUT2D eigenvalue weighted by molar-refractivity contribution is 7.07. The van der Waals surface area contributed by atoms with Crippen LogP contribution in [-0.4, -0.2) is 4.57 Å². The van der Waals surface area contributed by atoms with Gasteiger partial charge in [0.15, 0.2) is 4.80 Å². The molecule has 0 spiro atoms. The van der Waals surface area contributed by atoms with Crippen LogP contribution in [-0.2, 0) is 6.42 Å². The van der Waals surface area contributed by atoms with Gasteiger partial charge in [-0.05, 0) is 59.4 Å². The van der Waals surface area contributed by atoms with Crippen LogP contribution in [0.25, 0.3) is 11.8 Å². The molecule has 1 unspecified atom stereocenters. The van der Waals surface area contributed by atoms with E-state index in [4.69, 9.17) is 28.2 Å². The van der Waals surface area contributed by atoms with Gasteiger partial charge in [-0.1, -0.05) is 89.1 Å². The summed E-state index contributed by atoms with van der Waals surface area (Å²) < 4.78 is 2.46. The second-order valence-corrected chi connectivity index (χ2v) is 10.0. The van der Waals surface area contributed by atoms with E-state index in [1.54, 1.807) is 0 Å². The Kier molecular flexibility index (Phi) is 5.10. The van der Waals surface area contributed by atoms with Gasteiger partial charge in [0.25, 0.3) is 5.56 Å². The van der Waals surface area contributed by atoms with E-state index in [-0.39, 0.29) is 11.6 Å². The molecule has 0 fully saturated rings. The predicted octanol–water partition coefficient (Wildman–Crippen LogP) is 5.63. The number of aryl methyl sites for hydroxylation is 1. The minimum absolute atomic E-state index is 0.0518. The SMILES string of the molecule is O=c1c(=Cc2ccccc2Cl)sc2n1C(c1ccc(Cl)cc1)C1=C(N=2)c2ccccc2CC1. The molecule has 162 valence electrons. The predicted molar refractivity (Wildman–Crippen MR) is 136 cm³/mol. The largest absolute Gasteiger partial charge is 0.272 e. The van der Waals surface area contributed by atoms with Crippen LogP contribution in [0.2, 0.25) is 10.0 Å².